The van der Waals surface area contributed by atoms with E-state index in [2.05, 4.69) is 5.32 Å². The van der Waals surface area contributed by atoms with Crippen molar-refractivity contribution < 1.29 is 13.2 Å². The van der Waals surface area contributed by atoms with Crippen molar-refractivity contribution in [1.82, 2.24) is 5.32 Å². The van der Waals surface area contributed by atoms with Gasteiger partial charge in [-0.3, -0.25) is 0 Å². The fourth-order valence-electron chi connectivity index (χ4n) is 2.03. The lowest BCUT2D eigenvalue weighted by atomic mass is 10.0. The molecule has 21 heavy (non-hydrogen) atoms. The second kappa shape index (κ2) is 6.96. The summed E-state index contributed by atoms with van der Waals surface area (Å²) >= 11 is 6.09. The van der Waals surface area contributed by atoms with E-state index in [1.54, 1.807) is 18.2 Å². The van der Waals surface area contributed by atoms with Crippen LogP contribution in [0.4, 0.5) is 13.2 Å². The molecule has 0 atom stereocenters. The summed E-state index contributed by atoms with van der Waals surface area (Å²) in [5.74, 6) is -3.85. The molecule has 1 N–H and O–H groups in total. The van der Waals surface area contributed by atoms with Crippen molar-refractivity contribution in [3.05, 3.63) is 58.4 Å². The van der Waals surface area contributed by atoms with E-state index >= 15 is 0 Å². The zero-order valence-corrected chi connectivity index (χ0v) is 12.3. The summed E-state index contributed by atoms with van der Waals surface area (Å²) < 4.78 is 40.1. The molecule has 1 nitrogen and oxygen atoms in total. The minimum atomic E-state index is -1.46. The zero-order chi connectivity index (χ0) is 15.4. The van der Waals surface area contributed by atoms with Gasteiger partial charge in [0.05, 0.1) is 0 Å². The van der Waals surface area contributed by atoms with Gasteiger partial charge < -0.3 is 5.32 Å². The monoisotopic (exact) mass is 313 g/mol. The summed E-state index contributed by atoms with van der Waals surface area (Å²) in [7, 11) is 0. The molecule has 2 aromatic carbocycles. The van der Waals surface area contributed by atoms with Crippen LogP contribution < -0.4 is 5.32 Å². The Labute approximate surface area is 126 Å². The van der Waals surface area contributed by atoms with Gasteiger partial charge in [0.15, 0.2) is 17.5 Å². The summed E-state index contributed by atoms with van der Waals surface area (Å²) in [6.45, 7) is 3.41. The molecule has 0 aromatic heterocycles. The van der Waals surface area contributed by atoms with E-state index in [-0.39, 0.29) is 5.56 Å². The second-order valence-electron chi connectivity index (χ2n) is 4.71. The van der Waals surface area contributed by atoms with E-state index in [9.17, 15) is 13.2 Å². The number of hydrogen-bond donors (Lipinski definition) is 1. The molecule has 0 aliphatic carbocycles. The van der Waals surface area contributed by atoms with Crippen molar-refractivity contribution in [3.8, 4) is 11.1 Å². The Morgan fingerprint density at radius 1 is 1.05 bits per heavy atom. The second-order valence-corrected chi connectivity index (χ2v) is 5.11. The predicted molar refractivity (Wildman–Crippen MR) is 78.8 cm³/mol. The summed E-state index contributed by atoms with van der Waals surface area (Å²) in [5, 5.41) is 3.74. The van der Waals surface area contributed by atoms with Crippen LogP contribution in [-0.2, 0) is 6.54 Å². The van der Waals surface area contributed by atoms with Crippen molar-refractivity contribution in [2.24, 2.45) is 0 Å². The topological polar surface area (TPSA) is 12.0 Å². The highest BCUT2D eigenvalue weighted by Crippen LogP contribution is 2.29. The average molecular weight is 314 g/mol. The van der Waals surface area contributed by atoms with Crippen LogP contribution in [0.15, 0.2) is 30.3 Å². The summed E-state index contributed by atoms with van der Waals surface area (Å²) in [5.41, 5.74) is 1.26. The van der Waals surface area contributed by atoms with Gasteiger partial charge in [-0.05, 0) is 48.4 Å². The van der Waals surface area contributed by atoms with E-state index in [1.165, 1.54) is 6.07 Å². The molecule has 112 valence electrons. The molecule has 0 aliphatic heterocycles. The van der Waals surface area contributed by atoms with Crippen molar-refractivity contribution in [2.75, 3.05) is 6.54 Å². The molecule has 0 fully saturated rings. The van der Waals surface area contributed by atoms with Gasteiger partial charge in [-0.15, -0.1) is 0 Å². The van der Waals surface area contributed by atoms with Gasteiger partial charge in [-0.25, -0.2) is 13.2 Å². The Morgan fingerprint density at radius 2 is 1.81 bits per heavy atom. The minimum Gasteiger partial charge on any atom is -0.313 e. The summed E-state index contributed by atoms with van der Waals surface area (Å²) in [4.78, 5) is 0. The molecular formula is C16H15ClF3N. The number of benzene rings is 2. The number of hydrogen-bond acceptors (Lipinski definition) is 1. The van der Waals surface area contributed by atoms with Crippen LogP contribution >= 0.6 is 11.6 Å². The van der Waals surface area contributed by atoms with E-state index in [0.29, 0.717) is 17.1 Å². The molecule has 0 saturated carbocycles. The molecular weight excluding hydrogens is 299 g/mol. The predicted octanol–water partition coefficient (Wildman–Crippen LogP) is 4.92. The first-order valence-electron chi connectivity index (χ1n) is 6.67. The van der Waals surface area contributed by atoms with Gasteiger partial charge in [-0.2, -0.15) is 0 Å². The third kappa shape index (κ3) is 3.57. The van der Waals surface area contributed by atoms with E-state index < -0.39 is 17.5 Å². The fourth-order valence-corrected chi connectivity index (χ4v) is 2.21. The maximum absolute atomic E-state index is 13.8. The van der Waals surface area contributed by atoms with Gasteiger partial charge in [-0.1, -0.05) is 24.6 Å². The van der Waals surface area contributed by atoms with Crippen LogP contribution in [0.3, 0.4) is 0 Å². The van der Waals surface area contributed by atoms with Crippen LogP contribution in [0.25, 0.3) is 11.1 Å². The quantitative estimate of drug-likeness (QED) is 0.610. The highest BCUT2D eigenvalue weighted by Gasteiger charge is 2.15. The Morgan fingerprint density at radius 3 is 2.52 bits per heavy atom. The maximum atomic E-state index is 13.8. The normalized spacial score (nSPS) is 10.9. The first-order chi connectivity index (χ1) is 10.0. The zero-order valence-electron chi connectivity index (χ0n) is 11.5. The molecule has 0 saturated heterocycles. The van der Waals surface area contributed by atoms with Crippen LogP contribution in [0, 0.1) is 17.5 Å². The van der Waals surface area contributed by atoms with Gasteiger partial charge in [0, 0.05) is 17.1 Å². The highest BCUT2D eigenvalue weighted by atomic mass is 35.5. The Bertz CT molecular complexity index is 644. The number of rotatable bonds is 5. The SMILES string of the molecule is CCCNCc1cc(-c2ccc(F)c(F)c2F)ccc1Cl. The molecule has 0 unspecified atom stereocenters. The van der Waals surface area contributed by atoms with E-state index in [1.807, 2.05) is 6.92 Å². The maximum Gasteiger partial charge on any atom is 0.195 e. The van der Waals surface area contributed by atoms with Gasteiger partial charge in [0.1, 0.15) is 0 Å². The standard InChI is InChI=1S/C16H15ClF3N/c1-2-7-21-9-11-8-10(3-5-13(11)17)12-4-6-14(18)16(20)15(12)19/h3-6,8,21H,2,7,9H2,1H3. The summed E-state index contributed by atoms with van der Waals surface area (Å²) in [6.07, 6.45) is 0.981. The molecule has 0 aliphatic rings. The smallest absolute Gasteiger partial charge is 0.195 e. The lowest BCUT2D eigenvalue weighted by Crippen LogP contribution is -2.14. The van der Waals surface area contributed by atoms with E-state index in [0.717, 1.165) is 24.6 Å². The van der Waals surface area contributed by atoms with Crippen LogP contribution in [-0.4, -0.2) is 6.54 Å². The Kier molecular flexibility index (Phi) is 5.26. The molecule has 2 aromatic rings. The fraction of sp³-hybridized carbons (Fsp3) is 0.250. The molecule has 0 heterocycles. The van der Waals surface area contributed by atoms with Crippen molar-refractivity contribution in [1.29, 1.82) is 0 Å². The first kappa shape index (κ1) is 15.9. The van der Waals surface area contributed by atoms with Crippen molar-refractivity contribution in [3.63, 3.8) is 0 Å². The Balaban J connectivity index is 2.37. The van der Waals surface area contributed by atoms with Crippen molar-refractivity contribution in [2.45, 2.75) is 19.9 Å². The van der Waals surface area contributed by atoms with Crippen LogP contribution in [0.1, 0.15) is 18.9 Å². The molecule has 0 spiro atoms. The molecule has 5 heteroatoms. The van der Waals surface area contributed by atoms with Crippen LogP contribution in [0.2, 0.25) is 5.02 Å². The average Bonchev–Trinajstić information content (AvgIpc) is 2.47. The van der Waals surface area contributed by atoms with Gasteiger partial charge in [0.2, 0.25) is 0 Å². The lowest BCUT2D eigenvalue weighted by Gasteiger charge is -2.10. The third-order valence-electron chi connectivity index (χ3n) is 3.13. The molecule has 0 radical (unpaired) electrons. The minimum absolute atomic E-state index is 0.0160. The Hall–Kier alpha value is -1.52. The molecule has 0 amide bonds. The highest BCUT2D eigenvalue weighted by molar-refractivity contribution is 6.31. The van der Waals surface area contributed by atoms with E-state index in [4.69, 9.17) is 11.6 Å². The molecule has 0 bridgehead atoms. The first-order valence-corrected chi connectivity index (χ1v) is 7.05. The van der Waals surface area contributed by atoms with Crippen LogP contribution in [0.5, 0.6) is 0 Å². The number of nitrogens with one attached hydrogen (secondary N) is 1. The third-order valence-corrected chi connectivity index (χ3v) is 3.50. The number of halogens is 4. The molecule has 2 rings (SSSR count). The lowest BCUT2D eigenvalue weighted by molar-refractivity contribution is 0.449. The largest absolute Gasteiger partial charge is 0.313 e. The van der Waals surface area contributed by atoms with Crippen molar-refractivity contribution >= 4 is 11.6 Å². The summed E-state index contributed by atoms with van der Waals surface area (Å²) in [6, 6.07) is 7.03. The van der Waals surface area contributed by atoms with Gasteiger partial charge in [0.25, 0.3) is 0 Å². The van der Waals surface area contributed by atoms with Gasteiger partial charge >= 0.3 is 0 Å².